The maximum atomic E-state index is 11.2. The molecule has 6 heteroatoms. The normalized spacial score (nSPS) is 12.0. The van der Waals surface area contributed by atoms with E-state index in [-0.39, 0.29) is 17.8 Å². The summed E-state index contributed by atoms with van der Waals surface area (Å²) in [6, 6.07) is 13.2. The lowest BCUT2D eigenvalue weighted by atomic mass is 10.0. The van der Waals surface area contributed by atoms with Crippen LogP contribution in [0.4, 0.5) is 0 Å². The fourth-order valence-electron chi connectivity index (χ4n) is 3.10. The summed E-state index contributed by atoms with van der Waals surface area (Å²) in [7, 11) is 0. The Balaban J connectivity index is 1.55. The molecule has 3 aromatic rings. The number of esters is 1. The summed E-state index contributed by atoms with van der Waals surface area (Å²) >= 11 is 0. The van der Waals surface area contributed by atoms with E-state index in [0.29, 0.717) is 5.69 Å². The molecule has 0 aliphatic heterocycles. The minimum absolute atomic E-state index is 0.0919. The van der Waals surface area contributed by atoms with E-state index < -0.39 is 0 Å². The van der Waals surface area contributed by atoms with E-state index >= 15 is 0 Å². The molecule has 1 aromatic heterocycles. The van der Waals surface area contributed by atoms with Gasteiger partial charge in [0.1, 0.15) is 22.5 Å². The number of nitrogens with zero attached hydrogens (tertiary/aromatic N) is 3. The monoisotopic (exact) mass is 379 g/mol. The van der Waals surface area contributed by atoms with Crippen molar-refractivity contribution in [2.45, 2.75) is 45.1 Å². The van der Waals surface area contributed by atoms with Gasteiger partial charge < -0.3 is 9.84 Å². The molecular formula is C22H25N3O3. The van der Waals surface area contributed by atoms with Crippen LogP contribution in [-0.2, 0) is 16.0 Å². The van der Waals surface area contributed by atoms with Crippen LogP contribution < -0.4 is 0 Å². The first-order chi connectivity index (χ1) is 13.6. The summed E-state index contributed by atoms with van der Waals surface area (Å²) in [5.41, 5.74) is 3.29. The molecule has 0 fully saturated rings. The number of aromatic nitrogens is 3. The minimum Gasteiger partial charge on any atom is -0.506 e. The topological polar surface area (TPSA) is 77.2 Å². The molecule has 0 saturated carbocycles. The molecular weight excluding hydrogens is 354 g/mol. The van der Waals surface area contributed by atoms with Crippen molar-refractivity contribution in [1.29, 1.82) is 0 Å². The van der Waals surface area contributed by atoms with Crippen molar-refractivity contribution < 1.29 is 14.6 Å². The number of rotatable bonds is 9. The van der Waals surface area contributed by atoms with Crippen molar-refractivity contribution in [3.63, 3.8) is 0 Å². The Hall–Kier alpha value is -3.15. The maximum Gasteiger partial charge on any atom is 0.330 e. The smallest absolute Gasteiger partial charge is 0.330 e. The fourth-order valence-corrected chi connectivity index (χ4v) is 3.10. The van der Waals surface area contributed by atoms with Gasteiger partial charge in [-0.3, -0.25) is 0 Å². The van der Waals surface area contributed by atoms with Crippen molar-refractivity contribution >= 4 is 17.0 Å². The fraction of sp³-hybridized carbons (Fsp3) is 0.318. The molecule has 2 aromatic carbocycles. The Morgan fingerprint density at radius 1 is 1.18 bits per heavy atom. The van der Waals surface area contributed by atoms with Gasteiger partial charge in [0.05, 0.1) is 6.10 Å². The van der Waals surface area contributed by atoms with Gasteiger partial charge >= 0.3 is 5.97 Å². The highest BCUT2D eigenvalue weighted by Crippen LogP contribution is 2.24. The third-order valence-electron chi connectivity index (χ3n) is 4.60. The lowest BCUT2D eigenvalue weighted by Gasteiger charge is -2.11. The first-order valence-electron chi connectivity index (χ1n) is 9.54. The molecule has 1 N–H and O–H groups in total. The lowest BCUT2D eigenvalue weighted by molar-refractivity contribution is -0.142. The highest BCUT2D eigenvalue weighted by Gasteiger charge is 2.10. The molecule has 0 bridgehead atoms. The summed E-state index contributed by atoms with van der Waals surface area (Å²) in [6.45, 7) is 5.30. The number of ether oxygens (including phenoxy) is 1. The molecule has 1 heterocycles. The van der Waals surface area contributed by atoms with E-state index in [1.54, 1.807) is 6.07 Å². The van der Waals surface area contributed by atoms with Gasteiger partial charge in [-0.25, -0.2) is 4.79 Å². The second-order valence-electron chi connectivity index (χ2n) is 6.85. The van der Waals surface area contributed by atoms with Crippen molar-refractivity contribution in [3.8, 4) is 11.4 Å². The Morgan fingerprint density at radius 3 is 2.57 bits per heavy atom. The van der Waals surface area contributed by atoms with Gasteiger partial charge in [-0.05, 0) is 62.4 Å². The van der Waals surface area contributed by atoms with Crippen LogP contribution >= 0.6 is 0 Å². The van der Waals surface area contributed by atoms with Crippen LogP contribution in [0.2, 0.25) is 0 Å². The summed E-state index contributed by atoms with van der Waals surface area (Å²) in [5, 5.41) is 19.1. The Labute approximate surface area is 164 Å². The zero-order chi connectivity index (χ0) is 19.9. The molecule has 146 valence electrons. The number of phenolic OH excluding ortho intramolecular Hbond substituents is 1. The number of carbonyl (C=O) groups is 1. The van der Waals surface area contributed by atoms with Crippen LogP contribution in [0, 0.1) is 0 Å². The van der Waals surface area contributed by atoms with Crippen LogP contribution in [0.15, 0.2) is 55.1 Å². The first-order valence-corrected chi connectivity index (χ1v) is 9.54. The van der Waals surface area contributed by atoms with Gasteiger partial charge in [0.2, 0.25) is 0 Å². The van der Waals surface area contributed by atoms with Crippen molar-refractivity contribution in [1.82, 2.24) is 15.0 Å². The van der Waals surface area contributed by atoms with Crippen molar-refractivity contribution in [2.24, 2.45) is 0 Å². The third kappa shape index (κ3) is 4.97. The molecule has 3 rings (SSSR count). The van der Waals surface area contributed by atoms with E-state index in [1.165, 1.54) is 10.9 Å². The number of hydrogen-bond acceptors (Lipinski definition) is 5. The summed E-state index contributed by atoms with van der Waals surface area (Å²) < 4.78 is 5.17. The van der Waals surface area contributed by atoms with Crippen LogP contribution in [0.3, 0.4) is 0 Å². The van der Waals surface area contributed by atoms with E-state index in [2.05, 4.69) is 16.8 Å². The van der Waals surface area contributed by atoms with Gasteiger partial charge in [0, 0.05) is 6.08 Å². The van der Waals surface area contributed by atoms with Crippen LogP contribution in [0.1, 0.15) is 38.2 Å². The highest BCUT2D eigenvalue weighted by atomic mass is 16.5. The number of aryl methyl sites for hydroxylation is 1. The molecule has 1 atom stereocenters. The maximum absolute atomic E-state index is 11.2. The number of carbonyl (C=O) groups excluding carboxylic acids is 1. The summed E-state index contributed by atoms with van der Waals surface area (Å²) in [6.07, 6.45) is 5.88. The van der Waals surface area contributed by atoms with E-state index in [1.807, 2.05) is 43.3 Å². The Morgan fingerprint density at radius 2 is 1.89 bits per heavy atom. The van der Waals surface area contributed by atoms with Gasteiger partial charge in [0.25, 0.3) is 0 Å². The molecule has 1 unspecified atom stereocenters. The zero-order valence-electron chi connectivity index (χ0n) is 16.0. The van der Waals surface area contributed by atoms with E-state index in [9.17, 15) is 9.90 Å². The predicted octanol–water partition coefficient (Wildman–Crippen LogP) is 4.35. The summed E-state index contributed by atoms with van der Waals surface area (Å²) in [5.74, 6) is -0.217. The second-order valence-corrected chi connectivity index (χ2v) is 6.85. The quantitative estimate of drug-likeness (QED) is 0.340. The number of phenols is 1. The zero-order valence-corrected chi connectivity index (χ0v) is 16.0. The van der Waals surface area contributed by atoms with Crippen LogP contribution in [0.5, 0.6) is 5.75 Å². The highest BCUT2D eigenvalue weighted by molar-refractivity contribution is 5.81. The predicted molar refractivity (Wildman–Crippen MR) is 108 cm³/mol. The summed E-state index contributed by atoms with van der Waals surface area (Å²) in [4.78, 5) is 12.6. The first kappa shape index (κ1) is 19.6. The largest absolute Gasteiger partial charge is 0.506 e. The van der Waals surface area contributed by atoms with E-state index in [4.69, 9.17) is 4.74 Å². The van der Waals surface area contributed by atoms with Gasteiger partial charge in [-0.1, -0.05) is 31.2 Å². The lowest BCUT2D eigenvalue weighted by Crippen LogP contribution is -2.12. The Bertz CT molecular complexity index is 932. The Kier molecular flexibility index (Phi) is 6.42. The molecule has 28 heavy (non-hydrogen) atoms. The molecule has 0 radical (unpaired) electrons. The second kappa shape index (κ2) is 9.17. The molecule has 0 aliphatic rings. The molecule has 0 aliphatic carbocycles. The number of unbranched alkanes of at least 4 members (excludes halogenated alkanes) is 2. The standard InChI is InChI=1S/C22H25N3O3/c1-3-22(27)28-16(2)9-5-4-6-10-17-13-14-21(26)20(15-17)25-23-18-11-7-8-12-19(18)24-25/h3,7-8,11-16,26H,1,4-6,9-10H2,2H3. The molecule has 6 nitrogen and oxygen atoms in total. The third-order valence-corrected chi connectivity index (χ3v) is 4.60. The minimum atomic E-state index is -0.371. The van der Waals surface area contributed by atoms with Gasteiger partial charge in [-0.2, -0.15) is 0 Å². The number of hydrogen-bond donors (Lipinski definition) is 1. The SMILES string of the molecule is C=CC(=O)OC(C)CCCCCc1ccc(O)c(-n2nc3ccccc3n2)c1. The average Bonchev–Trinajstić information content (AvgIpc) is 3.12. The van der Waals surface area contributed by atoms with Gasteiger partial charge in [0.15, 0.2) is 0 Å². The van der Waals surface area contributed by atoms with Crippen molar-refractivity contribution in [3.05, 3.63) is 60.7 Å². The molecule has 0 spiro atoms. The number of aromatic hydroxyl groups is 1. The molecule has 0 amide bonds. The van der Waals surface area contributed by atoms with E-state index in [0.717, 1.165) is 48.7 Å². The van der Waals surface area contributed by atoms with Crippen molar-refractivity contribution in [2.75, 3.05) is 0 Å². The van der Waals surface area contributed by atoms with Crippen LogP contribution in [0.25, 0.3) is 16.7 Å². The molecule has 0 saturated heterocycles. The number of benzene rings is 2. The average molecular weight is 379 g/mol. The van der Waals surface area contributed by atoms with Gasteiger partial charge in [-0.15, -0.1) is 15.0 Å². The number of fused-ring (bicyclic) bond motifs is 1. The van der Waals surface area contributed by atoms with Crippen LogP contribution in [-0.4, -0.2) is 32.2 Å².